The first kappa shape index (κ1) is 40.7. The Hall–Kier alpha value is -5.73. The van der Waals surface area contributed by atoms with E-state index < -0.39 is 81.9 Å². The Balaban J connectivity index is 2.11. The van der Waals surface area contributed by atoms with Gasteiger partial charge in [0.2, 0.25) is 11.2 Å². The molecule has 3 amide bonds. The van der Waals surface area contributed by atoms with Gasteiger partial charge in [0.05, 0.1) is 6.04 Å². The van der Waals surface area contributed by atoms with Crippen LogP contribution in [0, 0.1) is 11.6 Å². The van der Waals surface area contributed by atoms with Crippen LogP contribution in [-0.4, -0.2) is 57.6 Å². The van der Waals surface area contributed by atoms with Crippen molar-refractivity contribution >= 4 is 24.1 Å². The Morgan fingerprint density at radius 3 is 2.19 bits per heavy atom. The van der Waals surface area contributed by atoms with E-state index in [-0.39, 0.29) is 25.1 Å². The quantitative estimate of drug-likeness (QED) is 0.177. The minimum atomic E-state index is -1.67. The second-order valence-electron chi connectivity index (χ2n) is 13.7. The van der Waals surface area contributed by atoms with Gasteiger partial charge in [0.15, 0.2) is 5.69 Å². The molecule has 3 aromatic rings. The fourth-order valence-electron chi connectivity index (χ4n) is 4.63. The first-order valence-corrected chi connectivity index (χ1v) is 16.3. The number of pyridine rings is 1. The summed E-state index contributed by atoms with van der Waals surface area (Å²) < 4.78 is 45.2. The maximum Gasteiger partial charge on any atom is 0.429 e. The molecular formula is C37H44F2N4O9. The van der Waals surface area contributed by atoms with Crippen LogP contribution in [0.25, 0.3) is 0 Å². The average molecular weight is 727 g/mol. The van der Waals surface area contributed by atoms with Crippen molar-refractivity contribution in [2.24, 2.45) is 0 Å². The average Bonchev–Trinajstić information content (AvgIpc) is 3.02. The predicted octanol–water partition coefficient (Wildman–Crippen LogP) is 6.07. The zero-order valence-electron chi connectivity index (χ0n) is 30.1. The molecule has 3 rings (SSSR count). The van der Waals surface area contributed by atoms with Gasteiger partial charge in [-0.3, -0.25) is 9.59 Å². The number of benzene rings is 2. The van der Waals surface area contributed by atoms with Gasteiger partial charge in [-0.1, -0.05) is 48.6 Å². The van der Waals surface area contributed by atoms with E-state index in [9.17, 15) is 37.9 Å². The van der Waals surface area contributed by atoms with Gasteiger partial charge in [-0.05, 0) is 66.5 Å². The Labute approximate surface area is 300 Å². The summed E-state index contributed by atoms with van der Waals surface area (Å²) >= 11 is 0. The molecule has 1 heterocycles. The molecular weight excluding hydrogens is 682 g/mol. The Morgan fingerprint density at radius 1 is 0.942 bits per heavy atom. The third-order valence-electron chi connectivity index (χ3n) is 6.91. The number of ether oxygens (including phenoxy) is 3. The molecule has 0 bridgehead atoms. The molecule has 3 N–H and O–H groups in total. The summed E-state index contributed by atoms with van der Waals surface area (Å²) in [5, 5.41) is 16.4. The number of nitrogens with zero attached hydrogens (tertiary/aromatic N) is 2. The van der Waals surface area contributed by atoms with Crippen LogP contribution < -0.4 is 25.8 Å². The van der Waals surface area contributed by atoms with E-state index in [1.54, 1.807) is 91.0 Å². The second kappa shape index (κ2) is 17.5. The van der Waals surface area contributed by atoms with E-state index in [2.05, 4.69) is 10.6 Å². The fraction of sp³-hybridized carbons (Fsp3) is 0.378. The van der Waals surface area contributed by atoms with Crippen molar-refractivity contribution in [3.8, 4) is 5.75 Å². The van der Waals surface area contributed by atoms with Gasteiger partial charge in [0.25, 0.3) is 5.91 Å². The minimum Gasteiger partial charge on any atom is -0.482 e. The molecule has 1 atom stereocenters. The largest absolute Gasteiger partial charge is 0.482 e. The molecule has 1 aromatic heterocycles. The number of carbonyl (C=O) groups excluding carboxylic acids is 3. The number of hydrogen-bond donors (Lipinski definition) is 3. The number of nitrogens with one attached hydrogen (secondary N) is 2. The highest BCUT2D eigenvalue weighted by molar-refractivity contribution is 5.97. The zero-order chi connectivity index (χ0) is 38.8. The summed E-state index contributed by atoms with van der Waals surface area (Å²) in [4.78, 5) is 66.1. The second-order valence-corrected chi connectivity index (χ2v) is 13.7. The van der Waals surface area contributed by atoms with Crippen LogP contribution in [0.5, 0.6) is 5.75 Å². The fourth-order valence-corrected chi connectivity index (χ4v) is 4.63. The predicted molar refractivity (Wildman–Crippen MR) is 188 cm³/mol. The molecule has 0 aliphatic carbocycles. The number of carboxylic acid groups (broad SMARTS) is 1. The van der Waals surface area contributed by atoms with E-state index in [1.807, 2.05) is 0 Å². The van der Waals surface area contributed by atoms with E-state index >= 15 is 0 Å². The standard InChI is InChI=1S/C37H44F2N4O9/c1-23(13-11-12-18-40-34(48)51-36(2,3)4)43(35(49)52-37(5,6)7)42-21-27(32(45)41-20-25-16-17-26(38)19-28(25)39)30(44)31(29(42)33(46)47)50-22-24-14-9-8-10-15-24/h8-12,14-17,19,21,23H,13,18,20,22H2,1-7H3,(H,40,48)(H,41,45)(H,46,47)/b12-11-. The van der Waals surface area contributed by atoms with Crippen LogP contribution in [0.4, 0.5) is 18.4 Å². The number of aromatic carboxylic acids is 1. The molecule has 0 saturated heterocycles. The SMILES string of the molecule is CC(C/C=C\CNC(=O)OC(C)(C)C)N(C(=O)OC(C)(C)C)n1cc(C(=O)NCc2ccc(F)cc2F)c(=O)c(OCc2ccccc2)c1C(=O)O. The molecule has 15 heteroatoms. The van der Waals surface area contributed by atoms with Crippen molar-refractivity contribution < 1.29 is 47.3 Å². The number of aromatic nitrogens is 1. The van der Waals surface area contributed by atoms with Gasteiger partial charge in [0, 0.05) is 30.9 Å². The molecule has 280 valence electrons. The zero-order valence-corrected chi connectivity index (χ0v) is 30.1. The first-order chi connectivity index (χ1) is 24.3. The number of alkyl carbamates (subject to hydrolysis) is 1. The Morgan fingerprint density at radius 2 is 1.60 bits per heavy atom. The van der Waals surface area contributed by atoms with E-state index in [0.717, 1.165) is 28.0 Å². The van der Waals surface area contributed by atoms with Gasteiger partial charge in [-0.2, -0.15) is 0 Å². The van der Waals surface area contributed by atoms with E-state index in [0.29, 0.717) is 11.6 Å². The molecule has 0 aliphatic rings. The molecule has 1 unspecified atom stereocenters. The molecule has 0 spiro atoms. The molecule has 0 aliphatic heterocycles. The van der Waals surface area contributed by atoms with Crippen LogP contribution >= 0.6 is 0 Å². The van der Waals surface area contributed by atoms with Crippen molar-refractivity contribution in [1.82, 2.24) is 15.3 Å². The van der Waals surface area contributed by atoms with Gasteiger partial charge < -0.3 is 30.0 Å². The Bertz CT molecular complexity index is 1850. The topological polar surface area (TPSA) is 165 Å². The number of rotatable bonds is 13. The third kappa shape index (κ3) is 12.0. The normalized spacial score (nSPS) is 12.2. The highest BCUT2D eigenvalue weighted by Crippen LogP contribution is 2.22. The van der Waals surface area contributed by atoms with Crippen LogP contribution in [0.2, 0.25) is 0 Å². The van der Waals surface area contributed by atoms with Gasteiger partial charge in [-0.15, -0.1) is 0 Å². The summed E-state index contributed by atoms with van der Waals surface area (Å²) in [6.45, 7) is 10.9. The minimum absolute atomic E-state index is 0.0723. The molecule has 0 radical (unpaired) electrons. The van der Waals surface area contributed by atoms with Crippen LogP contribution in [0.1, 0.15) is 86.9 Å². The van der Waals surface area contributed by atoms with Crippen LogP contribution in [0.3, 0.4) is 0 Å². The van der Waals surface area contributed by atoms with Crippen molar-refractivity contribution in [1.29, 1.82) is 0 Å². The molecule has 0 fully saturated rings. The molecule has 52 heavy (non-hydrogen) atoms. The van der Waals surface area contributed by atoms with Crippen molar-refractivity contribution in [3.05, 3.63) is 111 Å². The Kier molecular flexibility index (Phi) is 13.7. The lowest BCUT2D eigenvalue weighted by atomic mass is 10.1. The van der Waals surface area contributed by atoms with Gasteiger partial charge in [-0.25, -0.2) is 32.8 Å². The van der Waals surface area contributed by atoms with Crippen LogP contribution in [-0.2, 0) is 22.6 Å². The highest BCUT2D eigenvalue weighted by Gasteiger charge is 2.34. The summed E-state index contributed by atoms with van der Waals surface area (Å²) in [6.07, 6.45) is 2.49. The summed E-state index contributed by atoms with van der Waals surface area (Å²) in [5.41, 5.74) is -3.83. The summed E-state index contributed by atoms with van der Waals surface area (Å²) in [7, 11) is 0. The lowest BCUT2D eigenvalue weighted by Crippen LogP contribution is -2.51. The summed E-state index contributed by atoms with van der Waals surface area (Å²) in [5.74, 6) is -5.25. The van der Waals surface area contributed by atoms with E-state index in [1.165, 1.54) is 0 Å². The highest BCUT2D eigenvalue weighted by atomic mass is 19.1. The summed E-state index contributed by atoms with van der Waals surface area (Å²) in [6, 6.07) is 10.4. The van der Waals surface area contributed by atoms with Crippen molar-refractivity contribution in [2.45, 2.75) is 85.3 Å². The number of hydrogen-bond acceptors (Lipinski definition) is 8. The van der Waals surface area contributed by atoms with Crippen molar-refractivity contribution in [2.75, 3.05) is 11.6 Å². The number of halogens is 2. The number of amides is 3. The number of carbonyl (C=O) groups is 4. The third-order valence-corrected chi connectivity index (χ3v) is 6.91. The van der Waals surface area contributed by atoms with Crippen LogP contribution in [0.15, 0.2) is 71.7 Å². The monoisotopic (exact) mass is 726 g/mol. The molecule has 2 aromatic carbocycles. The lowest BCUT2D eigenvalue weighted by molar-refractivity contribution is 0.0507. The van der Waals surface area contributed by atoms with Gasteiger partial charge in [0.1, 0.15) is 35.0 Å². The van der Waals surface area contributed by atoms with Gasteiger partial charge >= 0.3 is 18.2 Å². The number of carboxylic acids is 1. The lowest BCUT2D eigenvalue weighted by Gasteiger charge is -2.34. The smallest absolute Gasteiger partial charge is 0.429 e. The molecule has 0 saturated carbocycles. The van der Waals surface area contributed by atoms with E-state index in [4.69, 9.17) is 14.2 Å². The first-order valence-electron chi connectivity index (χ1n) is 16.3. The van der Waals surface area contributed by atoms with Crippen molar-refractivity contribution in [3.63, 3.8) is 0 Å². The maximum atomic E-state index is 14.4. The molecule has 13 nitrogen and oxygen atoms in total. The maximum absolute atomic E-state index is 14.4.